The molecule has 0 heterocycles. The molecular weight excluding hydrogens is 236 g/mol. The van der Waals surface area contributed by atoms with Crippen LogP contribution >= 0.6 is 0 Å². The van der Waals surface area contributed by atoms with Gasteiger partial charge in [-0.3, -0.25) is 4.79 Å². The monoisotopic (exact) mass is 262 g/mol. The Hall–Kier alpha value is -1.35. The van der Waals surface area contributed by atoms with E-state index < -0.39 is 0 Å². The quantitative estimate of drug-likeness (QED) is 0.826. The maximum absolute atomic E-state index is 12.4. The molecule has 0 saturated carbocycles. The van der Waals surface area contributed by atoms with Crippen LogP contribution in [0.1, 0.15) is 37.8 Å². The number of nitrogens with one attached hydrogen (secondary N) is 1. The maximum atomic E-state index is 12.4. The first kappa shape index (κ1) is 15.7. The molecule has 1 amide bonds. The van der Waals surface area contributed by atoms with Gasteiger partial charge in [0, 0.05) is 11.6 Å². The van der Waals surface area contributed by atoms with Gasteiger partial charge < -0.3 is 11.1 Å². The Morgan fingerprint density at radius 1 is 1.26 bits per heavy atom. The third-order valence-corrected chi connectivity index (χ3v) is 3.59. The van der Waals surface area contributed by atoms with Gasteiger partial charge in [-0.15, -0.1) is 0 Å². The molecule has 3 nitrogen and oxygen atoms in total. The van der Waals surface area contributed by atoms with Crippen molar-refractivity contribution in [3.8, 4) is 0 Å². The SMILES string of the molecule is Cc1cccc(C)c1NC(=O)C(CCCN)C(C)C. The fraction of sp³-hybridized carbons (Fsp3) is 0.562. The van der Waals surface area contributed by atoms with Gasteiger partial charge in [0.15, 0.2) is 0 Å². The number of hydrogen-bond donors (Lipinski definition) is 2. The molecule has 1 aromatic carbocycles. The van der Waals surface area contributed by atoms with Crippen LogP contribution in [0.3, 0.4) is 0 Å². The number of amides is 1. The molecule has 0 fully saturated rings. The topological polar surface area (TPSA) is 55.1 Å². The third-order valence-electron chi connectivity index (χ3n) is 3.59. The molecule has 3 heteroatoms. The van der Waals surface area contributed by atoms with Crippen molar-refractivity contribution >= 4 is 11.6 Å². The second-order valence-electron chi connectivity index (χ2n) is 5.54. The van der Waals surface area contributed by atoms with Crippen molar-refractivity contribution in [1.29, 1.82) is 0 Å². The Bertz CT molecular complexity index is 407. The van der Waals surface area contributed by atoms with E-state index in [0.29, 0.717) is 12.5 Å². The Balaban J connectivity index is 2.81. The van der Waals surface area contributed by atoms with E-state index in [1.807, 2.05) is 32.0 Å². The van der Waals surface area contributed by atoms with Crippen molar-refractivity contribution in [3.63, 3.8) is 0 Å². The van der Waals surface area contributed by atoms with E-state index in [9.17, 15) is 4.79 Å². The van der Waals surface area contributed by atoms with Gasteiger partial charge in [-0.1, -0.05) is 32.0 Å². The van der Waals surface area contributed by atoms with E-state index in [-0.39, 0.29) is 11.8 Å². The molecule has 3 N–H and O–H groups in total. The first-order valence-electron chi connectivity index (χ1n) is 7.04. The fourth-order valence-corrected chi connectivity index (χ4v) is 2.33. The summed E-state index contributed by atoms with van der Waals surface area (Å²) in [5.41, 5.74) is 8.71. The number of benzene rings is 1. The number of anilines is 1. The van der Waals surface area contributed by atoms with Crippen LogP contribution in [0.15, 0.2) is 18.2 Å². The highest BCUT2D eigenvalue weighted by Gasteiger charge is 2.22. The average Bonchev–Trinajstić information content (AvgIpc) is 2.34. The van der Waals surface area contributed by atoms with Gasteiger partial charge in [0.25, 0.3) is 0 Å². The van der Waals surface area contributed by atoms with Crippen molar-refractivity contribution < 1.29 is 4.79 Å². The summed E-state index contributed by atoms with van der Waals surface area (Å²) in [6, 6.07) is 6.05. The number of carbonyl (C=O) groups excluding carboxylic acids is 1. The highest BCUT2D eigenvalue weighted by atomic mass is 16.1. The van der Waals surface area contributed by atoms with Gasteiger partial charge in [-0.25, -0.2) is 0 Å². The Morgan fingerprint density at radius 3 is 2.32 bits per heavy atom. The van der Waals surface area contributed by atoms with Crippen LogP contribution in [0.25, 0.3) is 0 Å². The highest BCUT2D eigenvalue weighted by Crippen LogP contribution is 2.23. The number of aryl methyl sites for hydroxylation is 2. The molecule has 0 saturated heterocycles. The molecule has 106 valence electrons. The number of hydrogen-bond acceptors (Lipinski definition) is 2. The Morgan fingerprint density at radius 2 is 1.84 bits per heavy atom. The predicted octanol–water partition coefficient (Wildman–Crippen LogP) is 3.25. The first-order valence-corrected chi connectivity index (χ1v) is 7.04. The minimum atomic E-state index is 0.0301. The van der Waals surface area contributed by atoms with Crippen LogP contribution in [0.2, 0.25) is 0 Å². The predicted molar refractivity (Wildman–Crippen MR) is 81.2 cm³/mol. The Labute approximate surface area is 116 Å². The van der Waals surface area contributed by atoms with Crippen LogP contribution in [0.5, 0.6) is 0 Å². The lowest BCUT2D eigenvalue weighted by atomic mass is 9.90. The lowest BCUT2D eigenvalue weighted by Crippen LogP contribution is -2.28. The second-order valence-corrected chi connectivity index (χ2v) is 5.54. The molecule has 0 spiro atoms. The second kappa shape index (κ2) is 7.29. The van der Waals surface area contributed by atoms with Crippen LogP contribution < -0.4 is 11.1 Å². The summed E-state index contributed by atoms with van der Waals surface area (Å²) in [6.45, 7) is 8.86. The number of rotatable bonds is 6. The van der Waals surface area contributed by atoms with E-state index >= 15 is 0 Å². The molecule has 0 aliphatic heterocycles. The van der Waals surface area contributed by atoms with Crippen molar-refractivity contribution in [2.45, 2.75) is 40.5 Å². The molecule has 0 radical (unpaired) electrons. The molecule has 1 unspecified atom stereocenters. The van der Waals surface area contributed by atoms with Crippen molar-refractivity contribution in [1.82, 2.24) is 0 Å². The van der Waals surface area contributed by atoms with E-state index in [4.69, 9.17) is 5.73 Å². The third kappa shape index (κ3) is 4.35. The minimum Gasteiger partial charge on any atom is -0.330 e. The summed E-state index contributed by atoms with van der Waals surface area (Å²) in [5, 5.41) is 3.09. The average molecular weight is 262 g/mol. The van der Waals surface area contributed by atoms with Gasteiger partial charge in [0.2, 0.25) is 5.91 Å². The zero-order chi connectivity index (χ0) is 14.4. The summed E-state index contributed by atoms with van der Waals surface area (Å²) >= 11 is 0. The van der Waals surface area contributed by atoms with E-state index in [2.05, 4.69) is 19.2 Å². The molecule has 1 atom stereocenters. The zero-order valence-electron chi connectivity index (χ0n) is 12.5. The van der Waals surface area contributed by atoms with Gasteiger partial charge in [0.05, 0.1) is 0 Å². The van der Waals surface area contributed by atoms with Crippen molar-refractivity contribution in [2.24, 2.45) is 17.6 Å². The van der Waals surface area contributed by atoms with E-state index in [1.165, 1.54) is 0 Å². The fourth-order valence-electron chi connectivity index (χ4n) is 2.33. The van der Waals surface area contributed by atoms with Gasteiger partial charge >= 0.3 is 0 Å². The molecule has 0 bridgehead atoms. The molecule has 0 aromatic heterocycles. The minimum absolute atomic E-state index is 0.0301. The smallest absolute Gasteiger partial charge is 0.227 e. The van der Waals surface area contributed by atoms with Crippen LogP contribution in [-0.2, 0) is 4.79 Å². The number of carbonyl (C=O) groups is 1. The molecule has 1 rings (SSSR count). The van der Waals surface area contributed by atoms with E-state index in [0.717, 1.165) is 29.7 Å². The standard InChI is InChI=1S/C16H26N2O/c1-11(2)14(9-6-10-17)16(19)18-15-12(3)7-5-8-13(15)4/h5,7-8,11,14H,6,9-10,17H2,1-4H3,(H,18,19). The number of nitrogens with two attached hydrogens (primary N) is 1. The van der Waals surface area contributed by atoms with E-state index in [1.54, 1.807) is 0 Å². The molecular formula is C16H26N2O. The molecule has 19 heavy (non-hydrogen) atoms. The lowest BCUT2D eigenvalue weighted by Gasteiger charge is -2.21. The van der Waals surface area contributed by atoms with Gasteiger partial charge in [-0.05, 0) is 50.3 Å². The molecule has 0 aliphatic carbocycles. The molecule has 0 aliphatic rings. The molecule has 1 aromatic rings. The van der Waals surface area contributed by atoms with Gasteiger partial charge in [-0.2, -0.15) is 0 Å². The highest BCUT2D eigenvalue weighted by molar-refractivity contribution is 5.94. The number of para-hydroxylation sites is 1. The zero-order valence-corrected chi connectivity index (χ0v) is 12.5. The summed E-state index contributed by atoms with van der Waals surface area (Å²) < 4.78 is 0. The summed E-state index contributed by atoms with van der Waals surface area (Å²) in [6.07, 6.45) is 1.74. The van der Waals surface area contributed by atoms with Crippen LogP contribution in [0.4, 0.5) is 5.69 Å². The van der Waals surface area contributed by atoms with Crippen LogP contribution in [0, 0.1) is 25.7 Å². The summed E-state index contributed by atoms with van der Waals surface area (Å²) in [5.74, 6) is 0.472. The largest absolute Gasteiger partial charge is 0.330 e. The van der Waals surface area contributed by atoms with Crippen molar-refractivity contribution in [3.05, 3.63) is 29.3 Å². The normalized spacial score (nSPS) is 12.5. The maximum Gasteiger partial charge on any atom is 0.227 e. The van der Waals surface area contributed by atoms with Crippen LogP contribution in [-0.4, -0.2) is 12.5 Å². The Kier molecular flexibility index (Phi) is 6.03. The summed E-state index contributed by atoms with van der Waals surface area (Å²) in [7, 11) is 0. The summed E-state index contributed by atoms with van der Waals surface area (Å²) in [4.78, 5) is 12.4. The van der Waals surface area contributed by atoms with Gasteiger partial charge in [0.1, 0.15) is 0 Å². The lowest BCUT2D eigenvalue weighted by molar-refractivity contribution is -0.121. The van der Waals surface area contributed by atoms with Crippen molar-refractivity contribution in [2.75, 3.05) is 11.9 Å². The first-order chi connectivity index (χ1) is 8.97.